The summed E-state index contributed by atoms with van der Waals surface area (Å²) in [4.78, 5) is 11.0. The number of hydrogen-bond acceptors (Lipinski definition) is 2. The minimum atomic E-state index is -0.516. The fourth-order valence-corrected chi connectivity index (χ4v) is 2.29. The van der Waals surface area contributed by atoms with Gasteiger partial charge in [-0.3, -0.25) is 4.79 Å². The van der Waals surface area contributed by atoms with Gasteiger partial charge in [-0.15, -0.1) is 0 Å². The Morgan fingerprint density at radius 2 is 1.86 bits per heavy atom. The Balaban J connectivity index is 1.97. The highest BCUT2D eigenvalue weighted by Crippen LogP contribution is 2.19. The number of rotatable bonds is 5. The van der Waals surface area contributed by atoms with E-state index in [1.807, 2.05) is 0 Å². The lowest BCUT2D eigenvalue weighted by Gasteiger charge is -2.08. The van der Waals surface area contributed by atoms with Crippen LogP contribution in [0, 0.1) is 5.82 Å². The Morgan fingerprint density at radius 3 is 2.48 bits per heavy atom. The van der Waals surface area contributed by atoms with Crippen molar-refractivity contribution in [2.75, 3.05) is 0 Å². The summed E-state index contributed by atoms with van der Waals surface area (Å²) in [5.41, 5.74) is 7.26. The molecule has 0 aliphatic carbocycles. The van der Waals surface area contributed by atoms with E-state index in [4.69, 9.17) is 28.9 Å². The molecule has 0 aliphatic heterocycles. The number of hydrogen-bond donors (Lipinski definition) is 2. The van der Waals surface area contributed by atoms with E-state index in [2.05, 4.69) is 5.32 Å². The smallest absolute Gasteiger partial charge is 0.248 e. The molecule has 0 aromatic heterocycles. The fraction of sp³-hybridized carbons (Fsp3) is 0.133. The fourth-order valence-electron chi connectivity index (χ4n) is 1.84. The van der Waals surface area contributed by atoms with Gasteiger partial charge in [-0.05, 0) is 35.4 Å². The van der Waals surface area contributed by atoms with Gasteiger partial charge in [-0.2, -0.15) is 0 Å². The lowest BCUT2D eigenvalue weighted by molar-refractivity contribution is 0.100. The molecule has 0 spiro atoms. The first-order valence-corrected chi connectivity index (χ1v) is 6.96. The van der Waals surface area contributed by atoms with Gasteiger partial charge < -0.3 is 11.1 Å². The SMILES string of the molecule is NC(=O)c1ccc(CNCc2ccc(F)c(Cl)c2)c(Cl)c1. The zero-order valence-electron chi connectivity index (χ0n) is 11.0. The van der Waals surface area contributed by atoms with Crippen molar-refractivity contribution in [1.29, 1.82) is 0 Å². The van der Waals surface area contributed by atoms with Crippen LogP contribution in [0.5, 0.6) is 0 Å². The number of carbonyl (C=O) groups excluding carboxylic acids is 1. The molecule has 0 saturated carbocycles. The van der Waals surface area contributed by atoms with Gasteiger partial charge in [0, 0.05) is 23.7 Å². The molecule has 21 heavy (non-hydrogen) atoms. The molecule has 3 nitrogen and oxygen atoms in total. The van der Waals surface area contributed by atoms with Gasteiger partial charge in [0.15, 0.2) is 0 Å². The number of amides is 1. The first kappa shape index (κ1) is 15.8. The molecule has 2 aromatic rings. The predicted molar refractivity (Wildman–Crippen MR) is 81.9 cm³/mol. The molecule has 0 bridgehead atoms. The van der Waals surface area contributed by atoms with Crippen LogP contribution in [0.25, 0.3) is 0 Å². The summed E-state index contributed by atoms with van der Waals surface area (Å²) in [6.07, 6.45) is 0. The minimum absolute atomic E-state index is 0.0955. The van der Waals surface area contributed by atoms with Crippen molar-refractivity contribution in [1.82, 2.24) is 5.32 Å². The van der Waals surface area contributed by atoms with Gasteiger partial charge in [-0.25, -0.2) is 4.39 Å². The van der Waals surface area contributed by atoms with E-state index < -0.39 is 11.7 Å². The summed E-state index contributed by atoms with van der Waals surface area (Å²) in [5, 5.41) is 3.74. The van der Waals surface area contributed by atoms with E-state index >= 15 is 0 Å². The van der Waals surface area contributed by atoms with Crippen LogP contribution in [0.3, 0.4) is 0 Å². The van der Waals surface area contributed by atoms with Crippen LogP contribution in [-0.2, 0) is 13.1 Å². The van der Waals surface area contributed by atoms with Crippen molar-refractivity contribution in [3.05, 3.63) is 69.0 Å². The van der Waals surface area contributed by atoms with Crippen molar-refractivity contribution in [3.8, 4) is 0 Å². The third kappa shape index (κ3) is 4.17. The van der Waals surface area contributed by atoms with Gasteiger partial charge in [-0.1, -0.05) is 35.3 Å². The van der Waals surface area contributed by atoms with Gasteiger partial charge in [0.2, 0.25) is 5.91 Å². The molecule has 0 heterocycles. The van der Waals surface area contributed by atoms with E-state index in [9.17, 15) is 9.18 Å². The van der Waals surface area contributed by atoms with E-state index in [0.717, 1.165) is 11.1 Å². The van der Waals surface area contributed by atoms with E-state index in [-0.39, 0.29) is 5.02 Å². The van der Waals surface area contributed by atoms with Gasteiger partial charge >= 0.3 is 0 Å². The molecule has 0 fully saturated rings. The average Bonchev–Trinajstić information content (AvgIpc) is 2.44. The predicted octanol–water partition coefficient (Wildman–Crippen LogP) is 3.52. The number of nitrogens with one attached hydrogen (secondary N) is 1. The monoisotopic (exact) mass is 326 g/mol. The molecule has 3 N–H and O–H groups in total. The molecule has 0 unspecified atom stereocenters. The van der Waals surface area contributed by atoms with Crippen molar-refractivity contribution in [2.45, 2.75) is 13.1 Å². The summed E-state index contributed by atoms with van der Waals surface area (Å²) in [5.74, 6) is -0.956. The maximum absolute atomic E-state index is 13.0. The quantitative estimate of drug-likeness (QED) is 0.883. The van der Waals surface area contributed by atoms with Crippen molar-refractivity contribution < 1.29 is 9.18 Å². The van der Waals surface area contributed by atoms with Crippen molar-refractivity contribution >= 4 is 29.1 Å². The highest BCUT2D eigenvalue weighted by molar-refractivity contribution is 6.31. The van der Waals surface area contributed by atoms with Crippen LogP contribution in [0.2, 0.25) is 10.0 Å². The molecule has 0 atom stereocenters. The highest BCUT2D eigenvalue weighted by Gasteiger charge is 2.06. The Bertz CT molecular complexity index is 677. The molecule has 0 aliphatic rings. The van der Waals surface area contributed by atoms with E-state index in [0.29, 0.717) is 23.7 Å². The maximum Gasteiger partial charge on any atom is 0.248 e. The van der Waals surface area contributed by atoms with Gasteiger partial charge in [0.05, 0.1) is 5.02 Å². The first-order valence-electron chi connectivity index (χ1n) is 6.20. The zero-order valence-corrected chi connectivity index (χ0v) is 12.5. The van der Waals surface area contributed by atoms with Crippen LogP contribution in [0.4, 0.5) is 4.39 Å². The lowest BCUT2D eigenvalue weighted by Crippen LogP contribution is -2.14. The molecular formula is C15H13Cl2FN2O. The number of nitrogens with two attached hydrogens (primary N) is 1. The van der Waals surface area contributed by atoms with Crippen LogP contribution in [0.1, 0.15) is 21.5 Å². The van der Waals surface area contributed by atoms with Crippen LogP contribution >= 0.6 is 23.2 Å². The largest absolute Gasteiger partial charge is 0.366 e. The normalized spacial score (nSPS) is 10.6. The average molecular weight is 327 g/mol. The van der Waals surface area contributed by atoms with Crippen LogP contribution < -0.4 is 11.1 Å². The highest BCUT2D eigenvalue weighted by atomic mass is 35.5. The minimum Gasteiger partial charge on any atom is -0.366 e. The van der Waals surface area contributed by atoms with Crippen molar-refractivity contribution in [2.24, 2.45) is 5.73 Å². The standard InChI is InChI=1S/C15H13Cl2FN2O/c16-12-6-10(15(19)21)2-3-11(12)8-20-7-9-1-4-14(18)13(17)5-9/h1-6,20H,7-8H2,(H2,19,21). The number of halogens is 3. The molecule has 2 aromatic carbocycles. The first-order chi connectivity index (χ1) is 9.97. The molecule has 6 heteroatoms. The molecule has 1 amide bonds. The van der Waals surface area contributed by atoms with Crippen molar-refractivity contribution in [3.63, 3.8) is 0 Å². The summed E-state index contributed by atoms with van der Waals surface area (Å²) >= 11 is 11.8. The molecule has 0 saturated heterocycles. The van der Waals surface area contributed by atoms with E-state index in [1.165, 1.54) is 12.1 Å². The molecule has 2 rings (SSSR count). The molecule has 0 radical (unpaired) electrons. The second-order valence-corrected chi connectivity index (χ2v) is 5.34. The Labute approximate surface area is 131 Å². The molecular weight excluding hydrogens is 314 g/mol. The second-order valence-electron chi connectivity index (χ2n) is 4.52. The Kier molecular flexibility index (Phi) is 5.17. The Hall–Kier alpha value is -1.62. The third-order valence-electron chi connectivity index (χ3n) is 2.97. The summed E-state index contributed by atoms with van der Waals surface area (Å²) in [6.45, 7) is 1.03. The Morgan fingerprint density at radius 1 is 1.10 bits per heavy atom. The molecule has 110 valence electrons. The number of primary amides is 1. The van der Waals surface area contributed by atoms with Gasteiger partial charge in [0.1, 0.15) is 5.82 Å². The van der Waals surface area contributed by atoms with Gasteiger partial charge in [0.25, 0.3) is 0 Å². The van der Waals surface area contributed by atoms with E-state index in [1.54, 1.807) is 24.3 Å². The third-order valence-corrected chi connectivity index (χ3v) is 3.61. The van der Waals surface area contributed by atoms with Crippen LogP contribution in [-0.4, -0.2) is 5.91 Å². The lowest BCUT2D eigenvalue weighted by atomic mass is 10.1. The second kappa shape index (κ2) is 6.89. The number of benzene rings is 2. The topological polar surface area (TPSA) is 55.1 Å². The number of carbonyl (C=O) groups is 1. The summed E-state index contributed by atoms with van der Waals surface area (Å²) in [6, 6.07) is 9.46. The maximum atomic E-state index is 13.0. The zero-order chi connectivity index (χ0) is 15.4. The summed E-state index contributed by atoms with van der Waals surface area (Å²) in [7, 11) is 0. The summed E-state index contributed by atoms with van der Waals surface area (Å²) < 4.78 is 13.0. The van der Waals surface area contributed by atoms with Crippen LogP contribution in [0.15, 0.2) is 36.4 Å².